The Kier molecular flexibility index (Phi) is 5.92. The number of ether oxygens (including phenoxy) is 1. The molecule has 0 aliphatic heterocycles. The predicted molar refractivity (Wildman–Crippen MR) is 93.0 cm³/mol. The van der Waals surface area contributed by atoms with Crippen LogP contribution in [-0.2, 0) is 11.2 Å². The molecule has 0 atom stereocenters. The maximum absolute atomic E-state index is 11.7. The van der Waals surface area contributed by atoms with Gasteiger partial charge in [-0.25, -0.2) is 5.43 Å². The van der Waals surface area contributed by atoms with Gasteiger partial charge in [-0.15, -0.1) is 0 Å². The van der Waals surface area contributed by atoms with E-state index in [9.17, 15) is 4.79 Å². The number of hydrazone groups is 1. The van der Waals surface area contributed by atoms with E-state index in [0.29, 0.717) is 5.75 Å². The minimum absolute atomic E-state index is 0.0595. The van der Waals surface area contributed by atoms with E-state index in [1.807, 2.05) is 56.3 Å². The normalized spacial score (nSPS) is 10.7. The summed E-state index contributed by atoms with van der Waals surface area (Å²) in [4.78, 5) is 11.7. The van der Waals surface area contributed by atoms with E-state index in [0.717, 1.165) is 23.1 Å². The minimum atomic E-state index is -0.286. The van der Waals surface area contributed by atoms with Crippen LogP contribution in [0.3, 0.4) is 0 Å². The summed E-state index contributed by atoms with van der Waals surface area (Å²) in [7, 11) is 0. The number of amides is 1. The number of nitrogens with zero attached hydrogens (tertiary/aromatic N) is 1. The van der Waals surface area contributed by atoms with Crippen molar-refractivity contribution in [3.05, 3.63) is 64.7 Å². The van der Waals surface area contributed by atoms with Gasteiger partial charge >= 0.3 is 0 Å². The number of nitrogens with one attached hydrogen (secondary N) is 1. The molecule has 0 heterocycles. The largest absolute Gasteiger partial charge is 0.483 e. The van der Waals surface area contributed by atoms with E-state index in [2.05, 4.69) is 17.5 Å². The highest BCUT2D eigenvalue weighted by Gasteiger charge is 2.04. The molecule has 0 saturated heterocycles. The summed E-state index contributed by atoms with van der Waals surface area (Å²) < 4.78 is 5.50. The molecule has 1 N–H and O–H groups in total. The van der Waals surface area contributed by atoms with Crippen molar-refractivity contribution in [3.63, 3.8) is 0 Å². The summed E-state index contributed by atoms with van der Waals surface area (Å²) in [5.41, 5.74) is 6.86. The zero-order valence-electron chi connectivity index (χ0n) is 13.8. The zero-order valence-corrected chi connectivity index (χ0v) is 13.8. The fourth-order valence-corrected chi connectivity index (χ4v) is 2.16. The number of carbonyl (C=O) groups is 1. The molecule has 1 amide bonds. The standard InChI is InChI=1S/C19H22N2O2/c1-4-16-6-8-17(9-7-16)12-20-21-19(22)13-23-18-10-5-14(2)11-15(18)3/h5-12H,4,13H2,1-3H3,(H,21,22). The van der Waals surface area contributed by atoms with Gasteiger partial charge in [0.15, 0.2) is 6.61 Å². The summed E-state index contributed by atoms with van der Waals surface area (Å²) in [5.74, 6) is 0.427. The van der Waals surface area contributed by atoms with E-state index in [4.69, 9.17) is 4.74 Å². The van der Waals surface area contributed by atoms with E-state index in [1.165, 1.54) is 5.56 Å². The minimum Gasteiger partial charge on any atom is -0.483 e. The Bertz CT molecular complexity index is 691. The van der Waals surface area contributed by atoms with Crippen LogP contribution in [-0.4, -0.2) is 18.7 Å². The van der Waals surface area contributed by atoms with Crippen LogP contribution in [0.4, 0.5) is 0 Å². The highest BCUT2D eigenvalue weighted by molar-refractivity contribution is 5.82. The van der Waals surface area contributed by atoms with Crippen molar-refractivity contribution in [3.8, 4) is 5.75 Å². The molecule has 4 nitrogen and oxygen atoms in total. The first-order valence-corrected chi connectivity index (χ1v) is 7.69. The molecular weight excluding hydrogens is 288 g/mol. The number of hydrogen-bond donors (Lipinski definition) is 1. The van der Waals surface area contributed by atoms with Crippen LogP contribution < -0.4 is 10.2 Å². The van der Waals surface area contributed by atoms with Gasteiger partial charge < -0.3 is 4.74 Å². The molecule has 2 rings (SSSR count). The smallest absolute Gasteiger partial charge is 0.277 e. The lowest BCUT2D eigenvalue weighted by Gasteiger charge is -2.08. The summed E-state index contributed by atoms with van der Waals surface area (Å²) in [6, 6.07) is 13.9. The number of benzene rings is 2. The Labute approximate surface area is 137 Å². The van der Waals surface area contributed by atoms with Crippen molar-refractivity contribution < 1.29 is 9.53 Å². The van der Waals surface area contributed by atoms with E-state index in [1.54, 1.807) is 6.21 Å². The molecule has 0 aliphatic rings. The van der Waals surface area contributed by atoms with Crippen molar-refractivity contribution >= 4 is 12.1 Å². The number of aryl methyl sites for hydroxylation is 3. The van der Waals surface area contributed by atoms with Gasteiger partial charge in [0.1, 0.15) is 5.75 Å². The maximum atomic E-state index is 11.7. The Morgan fingerprint density at radius 1 is 1.17 bits per heavy atom. The summed E-state index contributed by atoms with van der Waals surface area (Å²) >= 11 is 0. The van der Waals surface area contributed by atoms with Crippen LogP contribution in [0, 0.1) is 13.8 Å². The van der Waals surface area contributed by atoms with Gasteiger partial charge in [-0.05, 0) is 43.0 Å². The molecule has 0 bridgehead atoms. The zero-order chi connectivity index (χ0) is 16.7. The van der Waals surface area contributed by atoms with Gasteiger partial charge in [0.2, 0.25) is 0 Å². The van der Waals surface area contributed by atoms with E-state index < -0.39 is 0 Å². The monoisotopic (exact) mass is 310 g/mol. The first-order chi connectivity index (χ1) is 11.1. The van der Waals surface area contributed by atoms with Crippen LogP contribution in [0.2, 0.25) is 0 Å². The van der Waals surface area contributed by atoms with Gasteiger partial charge in [0, 0.05) is 0 Å². The van der Waals surface area contributed by atoms with Crippen molar-refractivity contribution in [1.82, 2.24) is 5.43 Å². The highest BCUT2D eigenvalue weighted by Crippen LogP contribution is 2.18. The molecule has 0 spiro atoms. The molecule has 2 aromatic carbocycles. The second kappa shape index (κ2) is 8.13. The molecule has 0 saturated carbocycles. The quantitative estimate of drug-likeness (QED) is 0.657. The van der Waals surface area contributed by atoms with Gasteiger partial charge in [-0.2, -0.15) is 5.10 Å². The first kappa shape index (κ1) is 16.7. The predicted octanol–water partition coefficient (Wildman–Crippen LogP) is 3.39. The Morgan fingerprint density at radius 3 is 2.57 bits per heavy atom. The van der Waals surface area contributed by atoms with E-state index in [-0.39, 0.29) is 12.5 Å². The Morgan fingerprint density at radius 2 is 1.91 bits per heavy atom. The number of rotatable bonds is 6. The molecule has 0 aliphatic carbocycles. The highest BCUT2D eigenvalue weighted by atomic mass is 16.5. The van der Waals surface area contributed by atoms with Crippen molar-refractivity contribution in [2.45, 2.75) is 27.2 Å². The lowest BCUT2D eigenvalue weighted by atomic mass is 10.1. The van der Waals surface area contributed by atoms with Crippen LogP contribution in [0.1, 0.15) is 29.2 Å². The third-order valence-electron chi connectivity index (χ3n) is 3.48. The van der Waals surface area contributed by atoms with Crippen molar-refractivity contribution in [1.29, 1.82) is 0 Å². The summed E-state index contributed by atoms with van der Waals surface area (Å²) in [6.45, 7) is 6.03. The van der Waals surface area contributed by atoms with Crippen LogP contribution in [0.15, 0.2) is 47.6 Å². The molecule has 120 valence electrons. The summed E-state index contributed by atoms with van der Waals surface area (Å²) in [6.07, 6.45) is 2.62. The van der Waals surface area contributed by atoms with Gasteiger partial charge in [-0.1, -0.05) is 48.9 Å². The van der Waals surface area contributed by atoms with E-state index >= 15 is 0 Å². The lowest BCUT2D eigenvalue weighted by molar-refractivity contribution is -0.123. The second-order valence-corrected chi connectivity index (χ2v) is 5.45. The fraction of sp³-hybridized carbons (Fsp3) is 0.263. The fourth-order valence-electron chi connectivity index (χ4n) is 2.16. The van der Waals surface area contributed by atoms with Crippen LogP contribution >= 0.6 is 0 Å². The number of carbonyl (C=O) groups excluding carboxylic acids is 1. The maximum Gasteiger partial charge on any atom is 0.277 e. The Balaban J connectivity index is 1.81. The van der Waals surface area contributed by atoms with Gasteiger partial charge in [0.05, 0.1) is 6.21 Å². The third-order valence-corrected chi connectivity index (χ3v) is 3.48. The molecular formula is C19H22N2O2. The van der Waals surface area contributed by atoms with Crippen LogP contribution in [0.25, 0.3) is 0 Å². The van der Waals surface area contributed by atoms with Gasteiger partial charge in [0.25, 0.3) is 5.91 Å². The SMILES string of the molecule is CCc1ccc(C=NNC(=O)COc2ccc(C)cc2C)cc1. The first-order valence-electron chi connectivity index (χ1n) is 7.69. The van der Waals surface area contributed by atoms with Crippen LogP contribution in [0.5, 0.6) is 5.75 Å². The average molecular weight is 310 g/mol. The lowest BCUT2D eigenvalue weighted by Crippen LogP contribution is -2.24. The van der Waals surface area contributed by atoms with Gasteiger partial charge in [-0.3, -0.25) is 4.79 Å². The molecule has 0 unspecified atom stereocenters. The molecule has 0 radical (unpaired) electrons. The molecule has 0 aromatic heterocycles. The number of hydrogen-bond acceptors (Lipinski definition) is 3. The summed E-state index contributed by atoms with van der Waals surface area (Å²) in [5, 5.41) is 3.94. The van der Waals surface area contributed by atoms with Crippen molar-refractivity contribution in [2.24, 2.45) is 5.10 Å². The molecule has 2 aromatic rings. The average Bonchev–Trinajstić information content (AvgIpc) is 2.54. The molecule has 23 heavy (non-hydrogen) atoms. The topological polar surface area (TPSA) is 50.7 Å². The Hall–Kier alpha value is -2.62. The second-order valence-electron chi connectivity index (χ2n) is 5.45. The molecule has 0 fully saturated rings. The van der Waals surface area contributed by atoms with Crippen molar-refractivity contribution in [2.75, 3.05) is 6.61 Å². The molecule has 4 heteroatoms. The third kappa shape index (κ3) is 5.25.